The first-order chi connectivity index (χ1) is 13.0. The third kappa shape index (κ3) is 7.32. The Balaban J connectivity index is 1.69. The van der Waals surface area contributed by atoms with Gasteiger partial charge in [0.25, 0.3) is 0 Å². The van der Waals surface area contributed by atoms with Crippen LogP contribution in [-0.2, 0) is 25.7 Å². The molecule has 0 bridgehead atoms. The molecule has 1 amide bonds. The highest BCUT2D eigenvalue weighted by molar-refractivity contribution is 8.00. The molecule has 0 radical (unpaired) electrons. The first kappa shape index (κ1) is 20.8. The molecule has 0 aliphatic rings. The Labute approximate surface area is 166 Å². The van der Waals surface area contributed by atoms with Crippen molar-refractivity contribution in [3.8, 4) is 0 Å². The van der Waals surface area contributed by atoms with Crippen LogP contribution in [0.15, 0.2) is 48.5 Å². The number of hydrogen-bond donors (Lipinski definition) is 1. The normalized spacial score (nSPS) is 10.1. The number of amides is 1. The van der Waals surface area contributed by atoms with Crippen LogP contribution in [0.4, 0.5) is 5.69 Å². The minimum absolute atomic E-state index is 0.0429. The monoisotopic (exact) mass is 407 g/mol. The molecule has 1 N–H and O–H groups in total. The molecule has 0 saturated carbocycles. The van der Waals surface area contributed by atoms with E-state index in [1.807, 2.05) is 0 Å². The van der Waals surface area contributed by atoms with Crippen LogP contribution in [0.2, 0.25) is 5.02 Å². The maximum atomic E-state index is 11.8. The molecule has 2 rings (SSSR count). The zero-order chi connectivity index (χ0) is 19.6. The van der Waals surface area contributed by atoms with Crippen molar-refractivity contribution in [2.75, 3.05) is 23.9 Å². The van der Waals surface area contributed by atoms with E-state index in [1.165, 1.54) is 7.11 Å². The zero-order valence-corrected chi connectivity index (χ0v) is 16.1. The number of rotatable bonds is 8. The number of benzene rings is 2. The van der Waals surface area contributed by atoms with Gasteiger partial charge >= 0.3 is 11.9 Å². The van der Waals surface area contributed by atoms with Crippen LogP contribution < -0.4 is 5.32 Å². The van der Waals surface area contributed by atoms with E-state index in [4.69, 9.17) is 16.3 Å². The minimum atomic E-state index is -0.453. The van der Waals surface area contributed by atoms with Crippen LogP contribution in [-0.4, -0.2) is 36.5 Å². The summed E-state index contributed by atoms with van der Waals surface area (Å²) in [6.45, 7) is 0.0429. The molecule has 2 aromatic carbocycles. The van der Waals surface area contributed by atoms with Crippen LogP contribution >= 0.6 is 23.4 Å². The summed E-state index contributed by atoms with van der Waals surface area (Å²) in [5.74, 6) is -0.950. The second kappa shape index (κ2) is 10.6. The third-order valence-electron chi connectivity index (χ3n) is 3.33. The molecule has 0 saturated heterocycles. The Morgan fingerprint density at radius 2 is 1.81 bits per heavy atom. The molecule has 0 atom stereocenters. The molecule has 142 valence electrons. The van der Waals surface area contributed by atoms with E-state index in [0.717, 1.165) is 11.8 Å². The van der Waals surface area contributed by atoms with E-state index < -0.39 is 11.9 Å². The predicted octanol–water partition coefficient (Wildman–Crippen LogP) is 3.54. The number of methoxy groups -OCH3 is 1. The lowest BCUT2D eigenvalue weighted by molar-refractivity contribution is -0.141. The lowest BCUT2D eigenvalue weighted by atomic mass is 10.1. The summed E-state index contributed by atoms with van der Waals surface area (Å²) >= 11 is 6.93. The summed E-state index contributed by atoms with van der Waals surface area (Å²) < 4.78 is 9.80. The van der Waals surface area contributed by atoms with Crippen molar-refractivity contribution >= 4 is 46.9 Å². The second-order valence-electron chi connectivity index (χ2n) is 5.40. The molecule has 0 spiro atoms. The number of esters is 2. The molecule has 0 heterocycles. The van der Waals surface area contributed by atoms with Crippen molar-refractivity contribution in [2.24, 2.45) is 0 Å². The topological polar surface area (TPSA) is 81.7 Å². The number of anilines is 1. The molecule has 27 heavy (non-hydrogen) atoms. The van der Waals surface area contributed by atoms with E-state index in [-0.39, 0.29) is 24.0 Å². The molecule has 0 aromatic heterocycles. The molecule has 0 fully saturated rings. The number of carbonyl (C=O) groups excluding carboxylic acids is 3. The van der Waals surface area contributed by atoms with E-state index in [1.54, 1.807) is 48.5 Å². The van der Waals surface area contributed by atoms with Gasteiger partial charge in [0.2, 0.25) is 5.91 Å². The molecule has 0 aliphatic carbocycles. The number of hydrogen-bond acceptors (Lipinski definition) is 6. The molecule has 0 aliphatic heterocycles. The fraction of sp³-hybridized carbons (Fsp3) is 0.211. The first-order valence-electron chi connectivity index (χ1n) is 7.94. The van der Waals surface area contributed by atoms with Crippen molar-refractivity contribution in [1.82, 2.24) is 0 Å². The number of carbonyl (C=O) groups is 3. The summed E-state index contributed by atoms with van der Waals surface area (Å²) in [4.78, 5) is 35.1. The zero-order valence-electron chi connectivity index (χ0n) is 14.6. The number of nitrogens with one attached hydrogen (secondary N) is 1. The van der Waals surface area contributed by atoms with E-state index in [9.17, 15) is 14.4 Å². The van der Waals surface area contributed by atoms with Gasteiger partial charge < -0.3 is 14.8 Å². The predicted molar refractivity (Wildman–Crippen MR) is 105 cm³/mol. The Bertz CT molecular complexity index is 810. The number of halogens is 1. The van der Waals surface area contributed by atoms with E-state index in [0.29, 0.717) is 21.8 Å². The third-order valence-corrected chi connectivity index (χ3v) is 4.49. The van der Waals surface area contributed by atoms with Gasteiger partial charge in [0.1, 0.15) is 6.61 Å². The average molecular weight is 408 g/mol. The van der Waals surface area contributed by atoms with Gasteiger partial charge in [0.15, 0.2) is 0 Å². The van der Waals surface area contributed by atoms with Gasteiger partial charge in [-0.25, -0.2) is 4.79 Å². The highest BCUT2D eigenvalue weighted by Gasteiger charge is 2.09. The van der Waals surface area contributed by atoms with Gasteiger partial charge in [-0.05, 0) is 42.0 Å². The van der Waals surface area contributed by atoms with Crippen LogP contribution in [0.1, 0.15) is 15.9 Å². The van der Waals surface area contributed by atoms with Gasteiger partial charge in [0, 0.05) is 10.7 Å². The maximum absolute atomic E-state index is 11.8. The van der Waals surface area contributed by atoms with Crippen molar-refractivity contribution in [3.05, 3.63) is 64.7 Å². The molecular weight excluding hydrogens is 390 g/mol. The molecular formula is C19H18ClNO5S. The fourth-order valence-corrected chi connectivity index (χ4v) is 2.80. The van der Waals surface area contributed by atoms with Crippen molar-refractivity contribution in [1.29, 1.82) is 0 Å². The largest absolute Gasteiger partial charge is 0.465 e. The summed E-state index contributed by atoms with van der Waals surface area (Å²) in [6.07, 6.45) is 0. The SMILES string of the molecule is COC(=O)c1cccc(COC(=O)CSCC(=O)Nc2ccc(Cl)cc2)c1. The molecule has 8 heteroatoms. The molecule has 0 unspecified atom stereocenters. The first-order valence-corrected chi connectivity index (χ1v) is 9.47. The van der Waals surface area contributed by atoms with Crippen molar-refractivity contribution < 1.29 is 23.9 Å². The van der Waals surface area contributed by atoms with Crippen molar-refractivity contribution in [3.63, 3.8) is 0 Å². The van der Waals surface area contributed by atoms with Crippen LogP contribution in [0.5, 0.6) is 0 Å². The highest BCUT2D eigenvalue weighted by Crippen LogP contribution is 2.14. The Morgan fingerprint density at radius 3 is 2.52 bits per heavy atom. The fourth-order valence-electron chi connectivity index (χ4n) is 2.07. The molecule has 6 nitrogen and oxygen atoms in total. The van der Waals surface area contributed by atoms with Gasteiger partial charge in [0.05, 0.1) is 24.2 Å². The quantitative estimate of drug-likeness (QED) is 0.674. The van der Waals surface area contributed by atoms with Crippen LogP contribution in [0.3, 0.4) is 0 Å². The van der Waals surface area contributed by atoms with Crippen LogP contribution in [0.25, 0.3) is 0 Å². The van der Waals surface area contributed by atoms with Gasteiger partial charge in [-0.15, -0.1) is 11.8 Å². The summed E-state index contributed by atoms with van der Waals surface area (Å²) in [5.41, 5.74) is 1.70. The summed E-state index contributed by atoms with van der Waals surface area (Å²) in [6, 6.07) is 13.4. The molecule has 2 aromatic rings. The van der Waals surface area contributed by atoms with Crippen molar-refractivity contribution in [2.45, 2.75) is 6.61 Å². The van der Waals surface area contributed by atoms with E-state index in [2.05, 4.69) is 10.1 Å². The highest BCUT2D eigenvalue weighted by atomic mass is 35.5. The van der Waals surface area contributed by atoms with E-state index >= 15 is 0 Å². The smallest absolute Gasteiger partial charge is 0.337 e. The van der Waals surface area contributed by atoms with Gasteiger partial charge in [-0.3, -0.25) is 9.59 Å². The Kier molecular flexibility index (Phi) is 8.16. The number of ether oxygens (including phenoxy) is 2. The Hall–Kier alpha value is -2.51. The minimum Gasteiger partial charge on any atom is -0.465 e. The average Bonchev–Trinajstić information content (AvgIpc) is 2.67. The van der Waals surface area contributed by atoms with Gasteiger partial charge in [-0.1, -0.05) is 23.7 Å². The maximum Gasteiger partial charge on any atom is 0.337 e. The van der Waals surface area contributed by atoms with Crippen LogP contribution in [0, 0.1) is 0 Å². The number of thioether (sulfide) groups is 1. The lowest BCUT2D eigenvalue weighted by Crippen LogP contribution is -2.16. The standard InChI is InChI=1S/C19H18ClNO5S/c1-25-19(24)14-4-2-3-13(9-14)10-26-18(23)12-27-11-17(22)21-16-7-5-15(20)6-8-16/h2-9H,10-12H2,1H3,(H,21,22). The second-order valence-corrected chi connectivity index (χ2v) is 6.82. The summed E-state index contributed by atoms with van der Waals surface area (Å²) in [7, 11) is 1.30. The lowest BCUT2D eigenvalue weighted by Gasteiger charge is -2.07. The van der Waals surface area contributed by atoms with Gasteiger partial charge in [-0.2, -0.15) is 0 Å². The summed E-state index contributed by atoms with van der Waals surface area (Å²) in [5, 5.41) is 3.29. The Morgan fingerprint density at radius 1 is 1.07 bits per heavy atom.